The lowest BCUT2D eigenvalue weighted by molar-refractivity contribution is 0.301. The molecule has 0 radical (unpaired) electrons. The lowest BCUT2D eigenvalue weighted by atomic mass is 9.75. The summed E-state index contributed by atoms with van der Waals surface area (Å²) in [5, 5.41) is 20.1. The van der Waals surface area contributed by atoms with E-state index in [0.717, 1.165) is 54.2 Å². The zero-order valence-electron chi connectivity index (χ0n) is 22.5. The molecule has 3 nitrogen and oxygen atoms in total. The van der Waals surface area contributed by atoms with Crippen LogP contribution in [0.2, 0.25) is 0 Å². The minimum absolute atomic E-state index is 0.389. The summed E-state index contributed by atoms with van der Waals surface area (Å²) in [6, 6.07) is 16.9. The molecule has 0 unspecified atom stereocenters. The summed E-state index contributed by atoms with van der Waals surface area (Å²) >= 11 is 0. The first-order valence-electron chi connectivity index (χ1n) is 14.4. The van der Waals surface area contributed by atoms with Gasteiger partial charge in [0.05, 0.1) is 17.7 Å². The van der Waals surface area contributed by atoms with Crippen LogP contribution in [0, 0.1) is 28.6 Å². The molecular formula is C33H44N2O. The first-order valence-corrected chi connectivity index (χ1v) is 14.4. The molecule has 0 N–H and O–H groups in total. The molecule has 2 aromatic carbocycles. The molecule has 192 valence electrons. The van der Waals surface area contributed by atoms with Crippen LogP contribution < -0.4 is 4.74 Å². The van der Waals surface area contributed by atoms with Crippen molar-refractivity contribution >= 4 is 0 Å². The van der Waals surface area contributed by atoms with E-state index in [4.69, 9.17) is 4.74 Å². The van der Waals surface area contributed by atoms with Crippen LogP contribution in [0.25, 0.3) is 11.1 Å². The number of rotatable bonds is 14. The first kappa shape index (κ1) is 27.8. The van der Waals surface area contributed by atoms with Gasteiger partial charge in [0.15, 0.2) is 0 Å². The maximum Gasteiger partial charge on any atom is 0.119 e. The Kier molecular flexibility index (Phi) is 11.9. The largest absolute Gasteiger partial charge is 0.494 e. The number of hydrogen-bond donors (Lipinski definition) is 0. The van der Waals surface area contributed by atoms with E-state index in [9.17, 15) is 10.5 Å². The number of nitrogens with zero attached hydrogens (tertiary/aromatic N) is 2. The zero-order valence-corrected chi connectivity index (χ0v) is 22.5. The van der Waals surface area contributed by atoms with Crippen LogP contribution in [0.5, 0.6) is 5.75 Å². The van der Waals surface area contributed by atoms with E-state index in [-0.39, 0.29) is 0 Å². The smallest absolute Gasteiger partial charge is 0.119 e. The van der Waals surface area contributed by atoms with Crippen molar-refractivity contribution in [3.63, 3.8) is 0 Å². The highest BCUT2D eigenvalue weighted by molar-refractivity contribution is 5.75. The van der Waals surface area contributed by atoms with Gasteiger partial charge in [-0.3, -0.25) is 0 Å². The lowest BCUT2D eigenvalue weighted by Gasteiger charge is -2.29. The van der Waals surface area contributed by atoms with Crippen LogP contribution in [0.15, 0.2) is 36.4 Å². The van der Waals surface area contributed by atoms with Crippen LogP contribution in [0.4, 0.5) is 0 Å². The average molecular weight is 485 g/mol. The van der Waals surface area contributed by atoms with Crippen LogP contribution in [0.1, 0.15) is 126 Å². The van der Waals surface area contributed by atoms with Gasteiger partial charge < -0.3 is 4.74 Å². The highest BCUT2D eigenvalue weighted by Crippen LogP contribution is 2.41. The number of benzene rings is 2. The molecule has 0 bridgehead atoms. The maximum atomic E-state index is 10.1. The number of unbranched alkanes of at least 4 members (excludes halogenated alkanes) is 7. The molecule has 0 amide bonds. The van der Waals surface area contributed by atoms with E-state index in [1.54, 1.807) is 0 Å². The molecular weight excluding hydrogens is 440 g/mol. The fraction of sp³-hybridized carbons (Fsp3) is 0.576. The number of ether oxygens (including phenoxy) is 1. The normalized spacial score (nSPS) is 17.3. The molecule has 1 saturated carbocycles. The van der Waals surface area contributed by atoms with Gasteiger partial charge in [0.2, 0.25) is 0 Å². The van der Waals surface area contributed by atoms with Crippen molar-refractivity contribution < 1.29 is 4.74 Å². The molecule has 1 aliphatic carbocycles. The molecule has 1 fully saturated rings. The van der Waals surface area contributed by atoms with Gasteiger partial charge in [-0.1, -0.05) is 95.9 Å². The van der Waals surface area contributed by atoms with Crippen molar-refractivity contribution in [2.75, 3.05) is 6.61 Å². The topological polar surface area (TPSA) is 56.8 Å². The van der Waals surface area contributed by atoms with Crippen LogP contribution in [0.3, 0.4) is 0 Å². The Balaban J connectivity index is 1.64. The molecule has 3 heteroatoms. The third-order valence-electron chi connectivity index (χ3n) is 7.90. The summed E-state index contributed by atoms with van der Waals surface area (Å²) in [6.07, 6.45) is 17.6. The molecule has 0 aliphatic heterocycles. The van der Waals surface area contributed by atoms with Crippen molar-refractivity contribution in [2.24, 2.45) is 5.92 Å². The third kappa shape index (κ3) is 7.86. The van der Waals surface area contributed by atoms with Gasteiger partial charge in [-0.2, -0.15) is 10.5 Å². The summed E-state index contributed by atoms with van der Waals surface area (Å²) in [5.41, 5.74) is 3.97. The van der Waals surface area contributed by atoms with E-state index < -0.39 is 0 Å². The fourth-order valence-corrected chi connectivity index (χ4v) is 5.68. The van der Waals surface area contributed by atoms with E-state index >= 15 is 0 Å². The Morgan fingerprint density at radius 2 is 1.36 bits per heavy atom. The van der Waals surface area contributed by atoms with Gasteiger partial charge in [0, 0.05) is 5.56 Å². The third-order valence-corrected chi connectivity index (χ3v) is 7.90. The van der Waals surface area contributed by atoms with E-state index in [0.29, 0.717) is 17.0 Å². The Morgan fingerprint density at radius 3 is 2.00 bits per heavy atom. The Hall–Kier alpha value is -2.78. The van der Waals surface area contributed by atoms with Crippen LogP contribution in [-0.4, -0.2) is 6.61 Å². The standard InChI is InChI=1S/C33H44N2O/c1-3-5-7-9-10-12-26-13-15-27(16-14-26)30-21-22-31(33(25-35)32(30)24-34)28-17-19-29(20-18-28)36-23-11-8-6-4-2/h17-22,26-27H,3-16,23H2,1-2H3. The Labute approximate surface area is 219 Å². The van der Waals surface area contributed by atoms with Gasteiger partial charge in [0.1, 0.15) is 17.9 Å². The van der Waals surface area contributed by atoms with E-state index in [1.165, 1.54) is 70.6 Å². The predicted molar refractivity (Wildman–Crippen MR) is 149 cm³/mol. The average Bonchev–Trinajstić information content (AvgIpc) is 2.92. The monoisotopic (exact) mass is 484 g/mol. The highest BCUT2D eigenvalue weighted by Gasteiger charge is 2.26. The lowest BCUT2D eigenvalue weighted by Crippen LogP contribution is -2.15. The van der Waals surface area contributed by atoms with Gasteiger partial charge >= 0.3 is 0 Å². The number of hydrogen-bond acceptors (Lipinski definition) is 3. The highest BCUT2D eigenvalue weighted by atomic mass is 16.5. The van der Waals surface area contributed by atoms with Crippen molar-refractivity contribution in [3.05, 3.63) is 53.1 Å². The second kappa shape index (κ2) is 15.4. The molecule has 1 aliphatic rings. The van der Waals surface area contributed by atoms with Gasteiger partial charge in [-0.05, 0) is 67.2 Å². The Bertz CT molecular complexity index is 1000. The van der Waals surface area contributed by atoms with Crippen molar-refractivity contribution in [1.82, 2.24) is 0 Å². The van der Waals surface area contributed by atoms with Gasteiger partial charge in [0.25, 0.3) is 0 Å². The summed E-state index contributed by atoms with van der Waals surface area (Å²) in [6.45, 7) is 5.21. The molecule has 0 heterocycles. The first-order chi connectivity index (χ1) is 17.7. The minimum atomic E-state index is 0.389. The molecule has 3 rings (SSSR count). The van der Waals surface area contributed by atoms with Crippen LogP contribution >= 0.6 is 0 Å². The minimum Gasteiger partial charge on any atom is -0.494 e. The van der Waals surface area contributed by atoms with E-state index in [2.05, 4.69) is 38.1 Å². The molecule has 0 saturated heterocycles. The molecule has 0 atom stereocenters. The summed E-state index contributed by atoms with van der Waals surface area (Å²) in [4.78, 5) is 0. The van der Waals surface area contributed by atoms with Crippen molar-refractivity contribution in [3.8, 4) is 29.0 Å². The van der Waals surface area contributed by atoms with Crippen LogP contribution in [-0.2, 0) is 0 Å². The quantitative estimate of drug-likeness (QED) is 0.251. The molecule has 36 heavy (non-hydrogen) atoms. The summed E-state index contributed by atoms with van der Waals surface area (Å²) in [5.74, 6) is 2.07. The number of nitriles is 2. The van der Waals surface area contributed by atoms with Gasteiger partial charge in [-0.15, -0.1) is 0 Å². The second-order valence-electron chi connectivity index (χ2n) is 10.5. The van der Waals surface area contributed by atoms with Gasteiger partial charge in [-0.25, -0.2) is 0 Å². The summed E-state index contributed by atoms with van der Waals surface area (Å²) < 4.78 is 5.88. The fourth-order valence-electron chi connectivity index (χ4n) is 5.68. The maximum absolute atomic E-state index is 10.1. The van der Waals surface area contributed by atoms with Crippen molar-refractivity contribution in [1.29, 1.82) is 10.5 Å². The summed E-state index contributed by atoms with van der Waals surface area (Å²) in [7, 11) is 0. The predicted octanol–water partition coefficient (Wildman–Crippen LogP) is 9.69. The van der Waals surface area contributed by atoms with Crippen molar-refractivity contribution in [2.45, 2.75) is 110 Å². The Morgan fingerprint density at radius 1 is 0.722 bits per heavy atom. The second-order valence-corrected chi connectivity index (χ2v) is 10.5. The molecule has 0 aromatic heterocycles. The van der Waals surface area contributed by atoms with E-state index in [1.807, 2.05) is 24.3 Å². The molecule has 2 aromatic rings. The SMILES string of the molecule is CCCCCCCC1CCC(c2ccc(-c3ccc(OCCCCCC)cc3)c(C#N)c2C#N)CC1. The zero-order chi connectivity index (χ0) is 25.6. The molecule has 0 spiro atoms.